The van der Waals surface area contributed by atoms with Crippen molar-refractivity contribution < 1.29 is 9.59 Å². The van der Waals surface area contributed by atoms with Crippen LogP contribution in [0.15, 0.2) is 11.7 Å². The van der Waals surface area contributed by atoms with Crippen molar-refractivity contribution in [3.8, 4) is 0 Å². The lowest BCUT2D eigenvalue weighted by molar-refractivity contribution is -0.132. The van der Waals surface area contributed by atoms with Crippen LogP contribution in [0.3, 0.4) is 0 Å². The van der Waals surface area contributed by atoms with Crippen LogP contribution in [0.1, 0.15) is 57.2 Å². The Kier molecular flexibility index (Phi) is 5.76. The fourth-order valence-electron chi connectivity index (χ4n) is 2.67. The van der Waals surface area contributed by atoms with Gasteiger partial charge in [-0.3, -0.25) is 9.59 Å². The maximum Gasteiger partial charge on any atom is 0.248 e. The fraction of sp³-hybridized carbons (Fsp3) is 0.562. The molecule has 0 saturated heterocycles. The van der Waals surface area contributed by atoms with Gasteiger partial charge >= 0.3 is 0 Å². The highest BCUT2D eigenvalue weighted by Crippen LogP contribution is 2.36. The van der Waals surface area contributed by atoms with E-state index in [-0.39, 0.29) is 5.91 Å². The third kappa shape index (κ3) is 3.55. The largest absolute Gasteiger partial charge is 0.367 e. The number of imidazole rings is 1. The Labute approximate surface area is 139 Å². The number of nitrogens with one attached hydrogen (secondary N) is 2. The zero-order valence-corrected chi connectivity index (χ0v) is 14.5. The van der Waals surface area contributed by atoms with Crippen molar-refractivity contribution in [2.75, 3.05) is 0 Å². The molecule has 0 radical (unpaired) electrons. The Morgan fingerprint density at radius 3 is 2.74 bits per heavy atom. The molecule has 0 fully saturated rings. The number of aromatic amines is 1. The highest BCUT2D eigenvalue weighted by atomic mass is 32.1. The second-order valence-corrected chi connectivity index (χ2v) is 6.63. The van der Waals surface area contributed by atoms with E-state index in [4.69, 9.17) is 5.73 Å². The van der Waals surface area contributed by atoms with E-state index in [1.807, 2.05) is 19.2 Å². The monoisotopic (exact) mass is 336 g/mol. The number of hydrogen-bond donors (Lipinski definition) is 3. The van der Waals surface area contributed by atoms with Gasteiger partial charge in [0.25, 0.3) is 0 Å². The van der Waals surface area contributed by atoms with Crippen LogP contribution in [0.2, 0.25) is 0 Å². The van der Waals surface area contributed by atoms with Crippen molar-refractivity contribution in [2.45, 2.75) is 57.9 Å². The molecule has 126 valence electrons. The molecule has 2 rings (SSSR count). The van der Waals surface area contributed by atoms with Gasteiger partial charge in [0.2, 0.25) is 11.8 Å². The summed E-state index contributed by atoms with van der Waals surface area (Å²) in [7, 11) is 0. The predicted molar refractivity (Wildman–Crippen MR) is 92.0 cm³/mol. The molecule has 0 bridgehead atoms. The number of fused-ring (bicyclic) bond motifs is 1. The summed E-state index contributed by atoms with van der Waals surface area (Å²) in [4.78, 5) is 32.7. The SMILES string of the molecule is CCCCC(=O)NC(CCCC)(C(N)=O)c1scc2nc[nH]c12. The Morgan fingerprint density at radius 1 is 1.35 bits per heavy atom. The first-order valence-electron chi connectivity index (χ1n) is 8.07. The first-order valence-corrected chi connectivity index (χ1v) is 8.95. The van der Waals surface area contributed by atoms with Crippen molar-refractivity contribution in [1.29, 1.82) is 0 Å². The summed E-state index contributed by atoms with van der Waals surface area (Å²) in [6.07, 6.45) is 5.90. The molecule has 23 heavy (non-hydrogen) atoms. The van der Waals surface area contributed by atoms with E-state index in [2.05, 4.69) is 15.3 Å². The molecular weight excluding hydrogens is 312 g/mol. The number of thiophene rings is 1. The Balaban J connectivity index is 2.42. The van der Waals surface area contributed by atoms with E-state index in [1.165, 1.54) is 11.3 Å². The van der Waals surface area contributed by atoms with Crippen LogP contribution in [-0.2, 0) is 15.1 Å². The third-order valence-corrected chi connectivity index (χ3v) is 5.14. The summed E-state index contributed by atoms with van der Waals surface area (Å²) in [5.74, 6) is -0.656. The minimum atomic E-state index is -1.17. The molecule has 7 heteroatoms. The van der Waals surface area contributed by atoms with Gasteiger partial charge in [0.1, 0.15) is 0 Å². The van der Waals surface area contributed by atoms with E-state index < -0.39 is 11.4 Å². The van der Waals surface area contributed by atoms with Crippen LogP contribution in [0.4, 0.5) is 0 Å². The van der Waals surface area contributed by atoms with Gasteiger partial charge in [-0.1, -0.05) is 33.1 Å². The average Bonchev–Trinajstić information content (AvgIpc) is 3.12. The quantitative estimate of drug-likeness (QED) is 0.656. The molecule has 4 N–H and O–H groups in total. The number of carbonyl (C=O) groups is 2. The fourth-order valence-corrected chi connectivity index (χ4v) is 3.82. The van der Waals surface area contributed by atoms with Gasteiger partial charge < -0.3 is 16.0 Å². The molecule has 0 saturated carbocycles. The second kappa shape index (κ2) is 7.59. The lowest BCUT2D eigenvalue weighted by Crippen LogP contribution is -2.54. The van der Waals surface area contributed by atoms with Gasteiger partial charge in [0.15, 0.2) is 5.54 Å². The van der Waals surface area contributed by atoms with Crippen molar-refractivity contribution in [1.82, 2.24) is 15.3 Å². The Morgan fingerprint density at radius 2 is 2.09 bits per heavy atom. The number of amides is 2. The van der Waals surface area contributed by atoms with Crippen LogP contribution in [-0.4, -0.2) is 21.8 Å². The number of unbranched alkanes of at least 4 members (excludes halogenated alkanes) is 2. The van der Waals surface area contributed by atoms with Gasteiger partial charge in [-0.05, 0) is 12.8 Å². The van der Waals surface area contributed by atoms with Crippen molar-refractivity contribution in [3.63, 3.8) is 0 Å². The van der Waals surface area contributed by atoms with Crippen molar-refractivity contribution in [3.05, 3.63) is 16.6 Å². The summed E-state index contributed by atoms with van der Waals surface area (Å²) in [5, 5.41) is 4.81. The summed E-state index contributed by atoms with van der Waals surface area (Å²) in [6.45, 7) is 4.07. The predicted octanol–water partition coefficient (Wildman–Crippen LogP) is 2.80. The summed E-state index contributed by atoms with van der Waals surface area (Å²) in [5.41, 5.74) is 6.16. The molecule has 2 heterocycles. The standard InChI is InChI=1S/C16H24N4O2S/c1-3-5-7-12(21)20-16(15(17)22,8-6-4-2)14-13-11(9-23-14)18-10-19-13/h9-10H,3-8H2,1-2H3,(H2,17,22)(H,18,19)(H,20,21). The first-order chi connectivity index (χ1) is 11.0. The molecule has 6 nitrogen and oxygen atoms in total. The van der Waals surface area contributed by atoms with Gasteiger partial charge in [0.05, 0.1) is 22.2 Å². The van der Waals surface area contributed by atoms with Crippen LogP contribution < -0.4 is 11.1 Å². The zero-order valence-electron chi connectivity index (χ0n) is 13.6. The molecule has 2 aromatic rings. The number of aromatic nitrogens is 2. The number of nitrogens with zero attached hydrogens (tertiary/aromatic N) is 1. The smallest absolute Gasteiger partial charge is 0.248 e. The number of hydrogen-bond acceptors (Lipinski definition) is 4. The molecule has 2 amide bonds. The number of carbonyl (C=O) groups excluding carboxylic acids is 2. The number of primary amides is 1. The van der Waals surface area contributed by atoms with E-state index in [9.17, 15) is 9.59 Å². The van der Waals surface area contributed by atoms with Crippen molar-refractivity contribution in [2.24, 2.45) is 5.73 Å². The number of nitrogens with two attached hydrogens (primary N) is 1. The highest BCUT2D eigenvalue weighted by Gasteiger charge is 2.42. The van der Waals surface area contributed by atoms with Gasteiger partial charge in [-0.25, -0.2) is 4.98 Å². The second-order valence-electron chi connectivity index (χ2n) is 5.75. The van der Waals surface area contributed by atoms with Crippen LogP contribution in [0, 0.1) is 0 Å². The van der Waals surface area contributed by atoms with Gasteiger partial charge in [-0.15, -0.1) is 11.3 Å². The molecule has 0 aliphatic rings. The molecule has 0 aliphatic heterocycles. The maximum atomic E-state index is 12.4. The van der Waals surface area contributed by atoms with Crippen LogP contribution >= 0.6 is 11.3 Å². The molecule has 2 aromatic heterocycles. The number of H-pyrrole nitrogens is 1. The minimum Gasteiger partial charge on any atom is -0.367 e. The molecule has 0 aromatic carbocycles. The van der Waals surface area contributed by atoms with E-state index in [1.54, 1.807) is 6.33 Å². The Bertz CT molecular complexity index is 678. The first kappa shape index (κ1) is 17.5. The summed E-state index contributed by atoms with van der Waals surface area (Å²) in [6, 6.07) is 0. The lowest BCUT2D eigenvalue weighted by Gasteiger charge is -2.31. The Hall–Kier alpha value is -1.89. The molecule has 0 spiro atoms. The summed E-state index contributed by atoms with van der Waals surface area (Å²) < 4.78 is 0. The minimum absolute atomic E-state index is 0.136. The lowest BCUT2D eigenvalue weighted by atomic mass is 9.89. The van der Waals surface area contributed by atoms with E-state index in [0.717, 1.165) is 41.6 Å². The normalized spacial score (nSPS) is 13.8. The average molecular weight is 336 g/mol. The van der Waals surface area contributed by atoms with Crippen LogP contribution in [0.25, 0.3) is 11.0 Å². The molecule has 1 unspecified atom stereocenters. The highest BCUT2D eigenvalue weighted by molar-refractivity contribution is 7.11. The van der Waals surface area contributed by atoms with E-state index >= 15 is 0 Å². The van der Waals surface area contributed by atoms with Crippen LogP contribution in [0.5, 0.6) is 0 Å². The molecular formula is C16H24N4O2S. The molecule has 0 aliphatic carbocycles. The van der Waals surface area contributed by atoms with Gasteiger partial charge in [-0.2, -0.15) is 0 Å². The maximum absolute atomic E-state index is 12.4. The van der Waals surface area contributed by atoms with Gasteiger partial charge in [0, 0.05) is 11.8 Å². The number of rotatable bonds is 9. The summed E-state index contributed by atoms with van der Waals surface area (Å²) >= 11 is 1.41. The van der Waals surface area contributed by atoms with E-state index in [0.29, 0.717) is 12.8 Å². The topological polar surface area (TPSA) is 101 Å². The van der Waals surface area contributed by atoms with Crippen molar-refractivity contribution >= 4 is 34.2 Å². The zero-order chi connectivity index (χ0) is 16.9. The molecule has 1 atom stereocenters. The third-order valence-electron chi connectivity index (χ3n) is 4.01.